The third kappa shape index (κ3) is 4.19. The maximum Gasteiger partial charge on any atom is 0.252 e. The van der Waals surface area contributed by atoms with Crippen LogP contribution in [0.3, 0.4) is 0 Å². The second kappa shape index (κ2) is 7.58. The molecule has 1 unspecified atom stereocenters. The van der Waals surface area contributed by atoms with Gasteiger partial charge in [0.25, 0.3) is 5.91 Å². The molecule has 1 amide bonds. The van der Waals surface area contributed by atoms with E-state index in [1.807, 2.05) is 24.3 Å². The third-order valence-electron chi connectivity index (χ3n) is 3.93. The van der Waals surface area contributed by atoms with Gasteiger partial charge in [0.15, 0.2) is 12.4 Å². The Labute approximate surface area is 136 Å². The van der Waals surface area contributed by atoms with Crippen LogP contribution in [0.25, 0.3) is 0 Å². The van der Waals surface area contributed by atoms with Gasteiger partial charge in [-0.15, -0.1) is 0 Å². The molecule has 4 heteroatoms. The number of ketones is 1. The lowest BCUT2D eigenvalue weighted by Crippen LogP contribution is -2.16. The molecule has 2 rings (SSSR count). The quantitative estimate of drug-likeness (QED) is 0.795. The van der Waals surface area contributed by atoms with Crippen LogP contribution in [0.15, 0.2) is 48.5 Å². The molecule has 4 nitrogen and oxygen atoms in total. The fraction of sp³-hybridized carbons (Fsp3) is 0.263. The Morgan fingerprint density at radius 1 is 1.09 bits per heavy atom. The van der Waals surface area contributed by atoms with Gasteiger partial charge in [0.2, 0.25) is 0 Å². The Balaban J connectivity index is 2.04. The van der Waals surface area contributed by atoms with E-state index in [1.54, 1.807) is 24.3 Å². The Morgan fingerprint density at radius 2 is 1.74 bits per heavy atom. The summed E-state index contributed by atoms with van der Waals surface area (Å²) in [6.45, 7) is 4.15. The van der Waals surface area contributed by atoms with E-state index in [2.05, 4.69) is 13.8 Å². The highest BCUT2D eigenvalue weighted by Crippen LogP contribution is 2.20. The number of nitrogens with two attached hydrogens (primary N) is 1. The van der Waals surface area contributed by atoms with E-state index in [1.165, 1.54) is 5.56 Å². The average molecular weight is 311 g/mol. The Morgan fingerprint density at radius 3 is 2.35 bits per heavy atom. The van der Waals surface area contributed by atoms with E-state index < -0.39 is 5.91 Å². The molecule has 0 saturated carbocycles. The molecular formula is C19H21NO3. The number of amides is 1. The van der Waals surface area contributed by atoms with E-state index in [9.17, 15) is 9.59 Å². The van der Waals surface area contributed by atoms with Crippen LogP contribution in [0.1, 0.15) is 52.5 Å². The van der Waals surface area contributed by atoms with Crippen LogP contribution in [0, 0.1) is 0 Å². The molecule has 2 N–H and O–H groups in total. The van der Waals surface area contributed by atoms with Crippen molar-refractivity contribution >= 4 is 11.7 Å². The number of primary amides is 1. The molecule has 2 aromatic rings. The Kier molecular flexibility index (Phi) is 5.52. The van der Waals surface area contributed by atoms with Crippen LogP contribution >= 0.6 is 0 Å². The number of para-hydroxylation sites is 1. The Bertz CT molecular complexity index is 692. The summed E-state index contributed by atoms with van der Waals surface area (Å²) >= 11 is 0. The molecule has 0 aliphatic rings. The van der Waals surface area contributed by atoms with Gasteiger partial charge >= 0.3 is 0 Å². The number of benzene rings is 2. The fourth-order valence-electron chi connectivity index (χ4n) is 2.26. The molecule has 0 bridgehead atoms. The zero-order valence-electron chi connectivity index (χ0n) is 13.4. The molecule has 23 heavy (non-hydrogen) atoms. The maximum absolute atomic E-state index is 12.2. The molecule has 1 atom stereocenters. The number of rotatable bonds is 7. The van der Waals surface area contributed by atoms with Crippen LogP contribution in [0.2, 0.25) is 0 Å². The number of hydrogen-bond donors (Lipinski definition) is 1. The molecule has 0 saturated heterocycles. The summed E-state index contributed by atoms with van der Waals surface area (Å²) in [5.74, 6) is 0.0772. The van der Waals surface area contributed by atoms with Crippen molar-refractivity contribution < 1.29 is 14.3 Å². The van der Waals surface area contributed by atoms with Gasteiger partial charge in [-0.3, -0.25) is 9.59 Å². The summed E-state index contributed by atoms with van der Waals surface area (Å²) in [5, 5.41) is 0. The minimum absolute atomic E-state index is 0.132. The van der Waals surface area contributed by atoms with Crippen LogP contribution < -0.4 is 10.5 Å². The topological polar surface area (TPSA) is 69.4 Å². The van der Waals surface area contributed by atoms with Gasteiger partial charge in [0.1, 0.15) is 5.75 Å². The van der Waals surface area contributed by atoms with Crippen molar-refractivity contribution in [1.82, 2.24) is 0 Å². The number of carbonyl (C=O) groups is 2. The second-order valence-electron chi connectivity index (χ2n) is 5.50. The molecule has 0 heterocycles. The van der Waals surface area contributed by atoms with Gasteiger partial charge in [-0.2, -0.15) is 0 Å². The molecule has 0 aliphatic heterocycles. The first-order valence-corrected chi connectivity index (χ1v) is 7.67. The number of carbonyl (C=O) groups excluding carboxylic acids is 2. The van der Waals surface area contributed by atoms with Crippen molar-refractivity contribution in [2.75, 3.05) is 6.61 Å². The summed E-state index contributed by atoms with van der Waals surface area (Å²) < 4.78 is 5.46. The van der Waals surface area contributed by atoms with Crippen molar-refractivity contribution in [3.63, 3.8) is 0 Å². The highest BCUT2D eigenvalue weighted by atomic mass is 16.5. The summed E-state index contributed by atoms with van der Waals surface area (Å²) in [7, 11) is 0. The highest BCUT2D eigenvalue weighted by molar-refractivity contribution is 5.98. The monoisotopic (exact) mass is 311 g/mol. The van der Waals surface area contributed by atoms with E-state index in [4.69, 9.17) is 10.5 Å². The van der Waals surface area contributed by atoms with Crippen molar-refractivity contribution in [2.24, 2.45) is 5.73 Å². The number of hydrogen-bond acceptors (Lipinski definition) is 3. The lowest BCUT2D eigenvalue weighted by Gasteiger charge is -2.11. The first-order valence-electron chi connectivity index (χ1n) is 7.67. The molecule has 0 fully saturated rings. The zero-order chi connectivity index (χ0) is 16.8. The average Bonchev–Trinajstić information content (AvgIpc) is 2.59. The van der Waals surface area contributed by atoms with Crippen LogP contribution in [-0.2, 0) is 0 Å². The predicted molar refractivity (Wildman–Crippen MR) is 89.9 cm³/mol. The summed E-state index contributed by atoms with van der Waals surface area (Å²) in [6.07, 6.45) is 1.06. The largest absolute Gasteiger partial charge is 0.485 e. The van der Waals surface area contributed by atoms with Crippen LogP contribution in [-0.4, -0.2) is 18.3 Å². The fourth-order valence-corrected chi connectivity index (χ4v) is 2.26. The highest BCUT2D eigenvalue weighted by Gasteiger charge is 2.12. The van der Waals surface area contributed by atoms with Gasteiger partial charge in [-0.05, 0) is 30.0 Å². The van der Waals surface area contributed by atoms with E-state index in [0.717, 1.165) is 6.42 Å². The molecule has 0 aromatic heterocycles. The molecular weight excluding hydrogens is 290 g/mol. The van der Waals surface area contributed by atoms with Crippen LogP contribution in [0.4, 0.5) is 0 Å². The first-order chi connectivity index (χ1) is 11.0. The SMILES string of the molecule is CCC(C)c1ccc(C(=O)COc2ccccc2C(N)=O)cc1. The molecule has 120 valence electrons. The second-order valence-corrected chi connectivity index (χ2v) is 5.50. The van der Waals surface area contributed by atoms with E-state index in [0.29, 0.717) is 17.2 Å². The van der Waals surface area contributed by atoms with Crippen molar-refractivity contribution in [2.45, 2.75) is 26.2 Å². The zero-order valence-corrected chi connectivity index (χ0v) is 13.4. The van der Waals surface area contributed by atoms with Crippen molar-refractivity contribution in [3.05, 3.63) is 65.2 Å². The van der Waals surface area contributed by atoms with Gasteiger partial charge in [0.05, 0.1) is 5.56 Å². The molecule has 2 aromatic carbocycles. The molecule has 0 radical (unpaired) electrons. The summed E-state index contributed by atoms with van der Waals surface area (Å²) in [5.41, 5.74) is 7.36. The van der Waals surface area contributed by atoms with Gasteiger partial charge in [-0.25, -0.2) is 0 Å². The lowest BCUT2D eigenvalue weighted by atomic mass is 9.97. The third-order valence-corrected chi connectivity index (χ3v) is 3.93. The summed E-state index contributed by atoms with van der Waals surface area (Å²) in [6, 6.07) is 14.2. The minimum atomic E-state index is -0.578. The predicted octanol–water partition coefficient (Wildman–Crippen LogP) is 3.56. The number of ether oxygens (including phenoxy) is 1. The molecule has 0 aliphatic carbocycles. The van der Waals surface area contributed by atoms with Gasteiger partial charge in [-0.1, -0.05) is 50.2 Å². The molecule has 0 spiro atoms. The summed E-state index contributed by atoms with van der Waals surface area (Å²) in [4.78, 5) is 23.5. The van der Waals surface area contributed by atoms with Gasteiger partial charge < -0.3 is 10.5 Å². The normalized spacial score (nSPS) is 11.7. The number of Topliss-reactive ketones (excluding diaryl/α,β-unsaturated/α-hetero) is 1. The van der Waals surface area contributed by atoms with Crippen molar-refractivity contribution in [1.29, 1.82) is 0 Å². The van der Waals surface area contributed by atoms with Gasteiger partial charge in [0, 0.05) is 5.56 Å². The van der Waals surface area contributed by atoms with E-state index in [-0.39, 0.29) is 18.0 Å². The lowest BCUT2D eigenvalue weighted by molar-refractivity contribution is 0.0912. The van der Waals surface area contributed by atoms with Crippen LogP contribution in [0.5, 0.6) is 5.75 Å². The standard InChI is InChI=1S/C19H21NO3/c1-3-13(2)14-8-10-15(11-9-14)17(21)12-23-18-7-5-4-6-16(18)19(20)22/h4-11,13H,3,12H2,1-2H3,(H2,20,22). The Hall–Kier alpha value is -2.62. The smallest absolute Gasteiger partial charge is 0.252 e. The van der Waals surface area contributed by atoms with Crippen molar-refractivity contribution in [3.8, 4) is 5.75 Å². The first kappa shape index (κ1) is 16.7. The maximum atomic E-state index is 12.2. The van der Waals surface area contributed by atoms with E-state index >= 15 is 0 Å². The minimum Gasteiger partial charge on any atom is -0.485 e.